The van der Waals surface area contributed by atoms with E-state index in [1.54, 1.807) is 0 Å². The molecular weight excluding hydrogens is 266 g/mol. The Kier molecular flexibility index (Phi) is 6.57. The lowest BCUT2D eigenvalue weighted by atomic mass is 10.0. The molecule has 18 heavy (non-hydrogen) atoms. The predicted molar refractivity (Wildman–Crippen MR) is 79.7 cm³/mol. The smallest absolute Gasteiger partial charge is 0.272 e. The molecule has 0 unspecified atom stereocenters. The highest BCUT2D eigenvalue weighted by Gasteiger charge is 2.35. The van der Waals surface area contributed by atoms with Crippen molar-refractivity contribution in [2.45, 2.75) is 64.0 Å². The van der Waals surface area contributed by atoms with Crippen LogP contribution in [0, 0.1) is 0 Å². The molecule has 1 aliphatic heterocycles. The largest absolute Gasteiger partial charge is 0.299 e. The molecule has 0 aliphatic carbocycles. The highest BCUT2D eigenvalue weighted by atomic mass is 32.2. The number of hydrogen-bond acceptors (Lipinski definition) is 4. The van der Waals surface area contributed by atoms with Crippen molar-refractivity contribution < 1.29 is 9.59 Å². The third-order valence-corrected chi connectivity index (χ3v) is 5.12. The van der Waals surface area contributed by atoms with Crippen molar-refractivity contribution in [1.29, 1.82) is 0 Å². The van der Waals surface area contributed by atoms with E-state index in [9.17, 15) is 9.59 Å². The first-order chi connectivity index (χ1) is 8.46. The summed E-state index contributed by atoms with van der Waals surface area (Å²) < 4.78 is 1.30. The molecule has 3 nitrogen and oxygen atoms in total. The Morgan fingerprint density at radius 1 is 1.22 bits per heavy atom. The van der Waals surface area contributed by atoms with Crippen LogP contribution in [0.25, 0.3) is 0 Å². The summed E-state index contributed by atoms with van der Waals surface area (Å²) in [6.45, 7) is 6.43. The fourth-order valence-corrected chi connectivity index (χ4v) is 3.80. The number of amides is 2. The minimum Gasteiger partial charge on any atom is -0.272 e. The fourth-order valence-electron chi connectivity index (χ4n) is 1.88. The summed E-state index contributed by atoms with van der Waals surface area (Å²) >= 11 is 2.51. The van der Waals surface area contributed by atoms with Gasteiger partial charge in [-0.2, -0.15) is 0 Å². The lowest BCUT2D eigenvalue weighted by molar-refractivity contribution is -0.120. The van der Waals surface area contributed by atoms with E-state index in [-0.39, 0.29) is 15.9 Å². The molecule has 1 fully saturated rings. The van der Waals surface area contributed by atoms with Crippen molar-refractivity contribution in [3.05, 3.63) is 0 Å². The molecule has 0 saturated carbocycles. The van der Waals surface area contributed by atoms with Crippen molar-refractivity contribution in [1.82, 2.24) is 4.31 Å². The Labute approximate surface area is 119 Å². The molecule has 0 bridgehead atoms. The Morgan fingerprint density at radius 3 is 2.44 bits per heavy atom. The first kappa shape index (κ1) is 15.9. The van der Waals surface area contributed by atoms with Crippen LogP contribution < -0.4 is 0 Å². The molecule has 1 rings (SSSR count). The van der Waals surface area contributed by atoms with Crippen LogP contribution in [-0.4, -0.2) is 26.0 Å². The normalized spacial score (nSPS) is 16.7. The molecule has 104 valence electrons. The molecule has 0 radical (unpaired) electrons. The van der Waals surface area contributed by atoms with E-state index < -0.39 is 0 Å². The van der Waals surface area contributed by atoms with Gasteiger partial charge in [0, 0.05) is 4.75 Å². The maximum Gasteiger partial charge on any atom is 0.299 e. The summed E-state index contributed by atoms with van der Waals surface area (Å²) in [7, 11) is 0. The topological polar surface area (TPSA) is 37.4 Å². The van der Waals surface area contributed by atoms with E-state index in [2.05, 4.69) is 20.8 Å². The molecule has 0 aromatic carbocycles. The number of carbonyl (C=O) groups is 2. The Morgan fingerprint density at radius 2 is 1.89 bits per heavy atom. The number of nitrogens with zero attached hydrogens (tertiary/aromatic N) is 1. The van der Waals surface area contributed by atoms with Crippen LogP contribution in [0.1, 0.15) is 59.3 Å². The zero-order chi connectivity index (χ0) is 13.6. The zero-order valence-corrected chi connectivity index (χ0v) is 13.2. The van der Waals surface area contributed by atoms with Crippen LogP contribution in [-0.2, 0) is 4.79 Å². The van der Waals surface area contributed by atoms with Crippen LogP contribution in [0.3, 0.4) is 0 Å². The van der Waals surface area contributed by atoms with Gasteiger partial charge in [-0.1, -0.05) is 50.8 Å². The van der Waals surface area contributed by atoms with E-state index >= 15 is 0 Å². The Bertz CT molecular complexity index is 289. The number of unbranched alkanes of at least 4 members (excludes halogenated alkanes) is 4. The third-order valence-electron chi connectivity index (χ3n) is 2.93. The van der Waals surface area contributed by atoms with Gasteiger partial charge in [-0.3, -0.25) is 9.59 Å². The van der Waals surface area contributed by atoms with E-state index in [4.69, 9.17) is 0 Å². The number of rotatable bonds is 8. The molecule has 0 spiro atoms. The minimum absolute atomic E-state index is 0.0393. The second kappa shape index (κ2) is 7.43. The number of thioether (sulfide) groups is 1. The Hall–Kier alpha value is -0.160. The van der Waals surface area contributed by atoms with E-state index in [1.807, 2.05) is 0 Å². The summed E-state index contributed by atoms with van der Waals surface area (Å²) in [4.78, 5) is 23.1. The number of carbonyl (C=O) groups excluding carboxylic acids is 2. The molecule has 2 amide bonds. The SMILES string of the molecule is CCCCCCCC(C)(C)SN1C(=O)CSC1=O. The second-order valence-electron chi connectivity index (χ2n) is 5.26. The molecule has 0 aromatic rings. The molecule has 0 atom stereocenters. The average Bonchev–Trinajstić information content (AvgIpc) is 2.60. The van der Waals surface area contributed by atoms with E-state index in [1.165, 1.54) is 48.4 Å². The van der Waals surface area contributed by atoms with Gasteiger partial charge < -0.3 is 0 Å². The molecule has 1 saturated heterocycles. The van der Waals surface area contributed by atoms with Crippen molar-refractivity contribution in [3.8, 4) is 0 Å². The summed E-state index contributed by atoms with van der Waals surface area (Å²) in [6, 6.07) is 0. The lowest BCUT2D eigenvalue weighted by Crippen LogP contribution is -2.29. The van der Waals surface area contributed by atoms with Gasteiger partial charge in [0.1, 0.15) is 0 Å². The maximum atomic E-state index is 11.5. The summed E-state index contributed by atoms with van der Waals surface area (Å²) in [5, 5.41) is -0.107. The second-order valence-corrected chi connectivity index (χ2v) is 7.84. The zero-order valence-electron chi connectivity index (χ0n) is 11.5. The first-order valence-corrected chi connectivity index (χ1v) is 8.41. The van der Waals surface area contributed by atoms with E-state index in [0.29, 0.717) is 5.75 Å². The molecule has 1 aliphatic rings. The van der Waals surface area contributed by atoms with Gasteiger partial charge in [0.2, 0.25) is 0 Å². The average molecular weight is 289 g/mol. The van der Waals surface area contributed by atoms with Crippen molar-refractivity contribution in [3.63, 3.8) is 0 Å². The molecular formula is C13H23NO2S2. The highest BCUT2D eigenvalue weighted by Crippen LogP contribution is 2.37. The van der Waals surface area contributed by atoms with Gasteiger partial charge in [0.15, 0.2) is 0 Å². The van der Waals surface area contributed by atoms with Gasteiger partial charge in [-0.05, 0) is 32.2 Å². The minimum atomic E-state index is -0.107. The number of imide groups is 1. The van der Waals surface area contributed by atoms with Crippen LogP contribution in [0.4, 0.5) is 4.79 Å². The first-order valence-electron chi connectivity index (χ1n) is 6.65. The standard InChI is InChI=1S/C13H23NO2S2/c1-4-5-6-7-8-9-13(2,3)18-14-11(15)10-17-12(14)16/h4-10H2,1-3H3. The lowest BCUT2D eigenvalue weighted by Gasteiger charge is -2.27. The van der Waals surface area contributed by atoms with Crippen molar-refractivity contribution in [2.75, 3.05) is 5.75 Å². The van der Waals surface area contributed by atoms with Crippen molar-refractivity contribution >= 4 is 34.9 Å². The van der Waals surface area contributed by atoms with Gasteiger partial charge in [-0.25, -0.2) is 4.31 Å². The van der Waals surface area contributed by atoms with Crippen LogP contribution in [0.15, 0.2) is 0 Å². The van der Waals surface area contributed by atoms with Crippen molar-refractivity contribution in [2.24, 2.45) is 0 Å². The monoisotopic (exact) mass is 289 g/mol. The predicted octanol–water partition coefficient (Wildman–Crippen LogP) is 4.47. The van der Waals surface area contributed by atoms with Gasteiger partial charge >= 0.3 is 0 Å². The third kappa shape index (κ3) is 5.22. The van der Waals surface area contributed by atoms with Gasteiger partial charge in [-0.15, -0.1) is 0 Å². The summed E-state index contributed by atoms with van der Waals surface area (Å²) in [6.07, 6.45) is 7.30. The van der Waals surface area contributed by atoms with E-state index in [0.717, 1.165) is 18.2 Å². The van der Waals surface area contributed by atoms with Gasteiger partial charge in [0.25, 0.3) is 11.1 Å². The molecule has 5 heteroatoms. The molecule has 0 aromatic heterocycles. The molecule has 0 N–H and O–H groups in total. The molecule has 1 heterocycles. The van der Waals surface area contributed by atoms with Crippen LogP contribution in [0.5, 0.6) is 0 Å². The fraction of sp³-hybridized carbons (Fsp3) is 0.846. The van der Waals surface area contributed by atoms with Crippen LogP contribution in [0.2, 0.25) is 0 Å². The highest BCUT2D eigenvalue weighted by molar-refractivity contribution is 8.16. The van der Waals surface area contributed by atoms with Gasteiger partial charge in [0.05, 0.1) is 5.75 Å². The summed E-state index contributed by atoms with van der Waals surface area (Å²) in [5.41, 5.74) is 0. The van der Waals surface area contributed by atoms with Crippen LogP contribution >= 0.6 is 23.7 Å². The maximum absolute atomic E-state index is 11.5. The summed E-state index contributed by atoms with van der Waals surface area (Å²) in [5.74, 6) is 0.243. The Balaban J connectivity index is 2.30. The number of hydrogen-bond donors (Lipinski definition) is 0. The quantitative estimate of drug-likeness (QED) is 0.488.